The van der Waals surface area contributed by atoms with Crippen molar-refractivity contribution in [2.75, 3.05) is 13.6 Å². The quantitative estimate of drug-likeness (QED) is 0.462. The van der Waals surface area contributed by atoms with Gasteiger partial charge in [0.25, 0.3) is 0 Å². The Hall–Kier alpha value is -2.22. The third-order valence-electron chi connectivity index (χ3n) is 6.58. The fourth-order valence-corrected chi connectivity index (χ4v) is 4.51. The van der Waals surface area contributed by atoms with Crippen LogP contribution in [0.2, 0.25) is 0 Å². The van der Waals surface area contributed by atoms with Gasteiger partial charge in [-0.05, 0) is 100 Å². The van der Waals surface area contributed by atoms with Crippen LogP contribution < -0.4 is 0 Å². The highest BCUT2D eigenvalue weighted by Gasteiger charge is 2.47. The number of ether oxygens (including phenoxy) is 1. The Labute approximate surface area is 192 Å². The van der Waals surface area contributed by atoms with Crippen molar-refractivity contribution in [2.24, 2.45) is 5.92 Å². The maximum atomic E-state index is 14.8. The van der Waals surface area contributed by atoms with Crippen molar-refractivity contribution in [3.63, 3.8) is 0 Å². The molecule has 0 amide bonds. The average Bonchev–Trinajstić information content (AvgIpc) is 3.07. The van der Waals surface area contributed by atoms with Crippen molar-refractivity contribution in [1.82, 2.24) is 4.90 Å². The van der Waals surface area contributed by atoms with E-state index in [1.165, 1.54) is 0 Å². The summed E-state index contributed by atoms with van der Waals surface area (Å²) in [7, 11) is 2.04. The van der Waals surface area contributed by atoms with Gasteiger partial charge in [-0.3, -0.25) is 0 Å². The summed E-state index contributed by atoms with van der Waals surface area (Å²) in [6.07, 6.45) is -0.211. The fourth-order valence-electron chi connectivity index (χ4n) is 4.51. The summed E-state index contributed by atoms with van der Waals surface area (Å²) in [6.45, 7) is 21.4. The zero-order valence-electron chi connectivity index (χ0n) is 23.8. The molecule has 0 saturated heterocycles. The zero-order chi connectivity index (χ0) is 26.6. The van der Waals surface area contributed by atoms with Gasteiger partial charge in [0.05, 0.1) is 16.8 Å². The molecule has 2 aromatic carbocycles. The van der Waals surface area contributed by atoms with E-state index in [0.717, 1.165) is 6.54 Å². The van der Waals surface area contributed by atoms with Crippen LogP contribution in [0.3, 0.4) is 0 Å². The van der Waals surface area contributed by atoms with Gasteiger partial charge in [0.1, 0.15) is 11.4 Å². The van der Waals surface area contributed by atoms with E-state index in [2.05, 4.69) is 30.5 Å². The molecule has 0 N–H and O–H groups in total. The van der Waals surface area contributed by atoms with E-state index >= 15 is 0 Å². The van der Waals surface area contributed by atoms with Gasteiger partial charge in [-0.15, -0.1) is 0 Å². The van der Waals surface area contributed by atoms with Gasteiger partial charge in [0.2, 0.25) is 0 Å². The largest absolute Gasteiger partial charge is 0.358 e. The SMILES string of the molecule is [2H]c1c([2H])c([C@]2(CC(C)CN(C)C(C)C)OC(C)c3c([2H])c([N+]#[C-])c(C)c([2H])c32)c(C)c(C)c1F. The van der Waals surface area contributed by atoms with Crippen LogP contribution in [0.5, 0.6) is 0 Å². The summed E-state index contributed by atoms with van der Waals surface area (Å²) in [5.41, 5.74) is 1.35. The zero-order valence-corrected chi connectivity index (χ0v) is 19.8. The van der Waals surface area contributed by atoms with Crippen LogP contribution in [0.4, 0.5) is 10.1 Å². The second kappa shape index (κ2) is 8.73. The molecule has 3 nitrogen and oxygen atoms in total. The van der Waals surface area contributed by atoms with Crippen LogP contribution in [-0.4, -0.2) is 24.5 Å². The number of benzene rings is 2. The third-order valence-corrected chi connectivity index (χ3v) is 6.58. The van der Waals surface area contributed by atoms with Crippen molar-refractivity contribution >= 4 is 5.69 Å². The van der Waals surface area contributed by atoms with Crippen LogP contribution in [0, 0.1) is 39.1 Å². The fraction of sp³-hybridized carbons (Fsp3) is 0.519. The third kappa shape index (κ3) is 4.14. The number of halogens is 1. The predicted octanol–water partition coefficient (Wildman–Crippen LogP) is 7.00. The van der Waals surface area contributed by atoms with Crippen molar-refractivity contribution in [1.29, 1.82) is 0 Å². The summed E-state index contributed by atoms with van der Waals surface area (Å²) < 4.78 is 56.4. The molecule has 166 valence electrons. The van der Waals surface area contributed by atoms with Crippen LogP contribution in [0.25, 0.3) is 4.85 Å². The van der Waals surface area contributed by atoms with E-state index in [1.807, 2.05) is 7.05 Å². The molecule has 1 aliphatic rings. The van der Waals surface area contributed by atoms with E-state index in [1.54, 1.807) is 27.7 Å². The van der Waals surface area contributed by atoms with Gasteiger partial charge < -0.3 is 9.64 Å². The predicted molar refractivity (Wildman–Crippen MR) is 125 cm³/mol. The average molecular weight is 427 g/mol. The summed E-state index contributed by atoms with van der Waals surface area (Å²) in [5, 5.41) is 0. The first-order chi connectivity index (χ1) is 16.2. The Bertz CT molecular complexity index is 1190. The monoisotopic (exact) mass is 426 g/mol. The van der Waals surface area contributed by atoms with Crippen LogP contribution in [0.1, 0.15) is 79.1 Å². The molecular formula is C27H35FN2O. The molecule has 0 spiro atoms. The summed E-state index contributed by atoms with van der Waals surface area (Å²) in [6, 6.07) is -0.276. The highest BCUT2D eigenvalue weighted by molar-refractivity contribution is 5.61. The molecular weight excluding hydrogens is 387 g/mol. The van der Waals surface area contributed by atoms with E-state index in [9.17, 15) is 4.39 Å². The maximum absolute atomic E-state index is 14.8. The van der Waals surface area contributed by atoms with E-state index < -0.39 is 23.6 Å². The Morgan fingerprint density at radius 3 is 2.48 bits per heavy atom. The van der Waals surface area contributed by atoms with Crippen LogP contribution in [-0.2, 0) is 10.3 Å². The molecule has 2 aromatic rings. The summed E-state index contributed by atoms with van der Waals surface area (Å²) >= 11 is 0. The first kappa shape index (κ1) is 18.4. The maximum Gasteiger partial charge on any atom is 0.190 e. The number of hydrogen-bond acceptors (Lipinski definition) is 2. The normalized spacial score (nSPS) is 23.2. The van der Waals surface area contributed by atoms with Gasteiger partial charge >= 0.3 is 0 Å². The molecule has 1 heterocycles. The molecule has 1 aliphatic heterocycles. The first-order valence-corrected chi connectivity index (χ1v) is 10.9. The van der Waals surface area contributed by atoms with Gasteiger partial charge in [0, 0.05) is 14.0 Å². The second-order valence-electron chi connectivity index (χ2n) is 9.24. The highest BCUT2D eigenvalue weighted by Crippen LogP contribution is 2.53. The number of hydrogen-bond donors (Lipinski definition) is 0. The molecule has 4 heteroatoms. The molecule has 0 aliphatic carbocycles. The van der Waals surface area contributed by atoms with Crippen LogP contribution >= 0.6 is 0 Å². The molecule has 0 radical (unpaired) electrons. The molecule has 31 heavy (non-hydrogen) atoms. The molecule has 0 saturated carbocycles. The summed E-state index contributed by atoms with van der Waals surface area (Å²) in [5.74, 6) is -0.676. The van der Waals surface area contributed by atoms with Crippen molar-refractivity contribution in [3.05, 3.63) is 74.8 Å². The standard InChI is InChI=1S/C27H35FN2O/c1-16(2)30(9)15-17(3)14-27(23-10-11-25(28)20(6)19(23)5)24-12-18(4)26(29-8)13-22(24)21(7)31-27/h10-13,16-17,21H,14-15H2,1-7,9H3/t17?,21?,27-/m0/s1/i10D,11D,12D,13D. The van der Waals surface area contributed by atoms with Crippen molar-refractivity contribution < 1.29 is 14.6 Å². The first-order valence-electron chi connectivity index (χ1n) is 12.9. The lowest BCUT2D eigenvalue weighted by atomic mass is 9.76. The minimum Gasteiger partial charge on any atom is -0.358 e. The lowest BCUT2D eigenvalue weighted by Gasteiger charge is -2.37. The molecule has 2 unspecified atom stereocenters. The van der Waals surface area contributed by atoms with E-state index in [0.29, 0.717) is 40.3 Å². The van der Waals surface area contributed by atoms with Gasteiger partial charge in [-0.1, -0.05) is 25.1 Å². The Balaban J connectivity index is 2.43. The van der Waals surface area contributed by atoms with Crippen LogP contribution in [0.15, 0.2) is 24.2 Å². The molecule has 3 atom stereocenters. The van der Waals surface area contributed by atoms with Gasteiger partial charge in [-0.2, -0.15) is 0 Å². The minimum atomic E-state index is -1.31. The number of rotatable bonds is 6. The van der Waals surface area contributed by atoms with Crippen molar-refractivity contribution in [3.8, 4) is 0 Å². The smallest absolute Gasteiger partial charge is 0.190 e. The lowest BCUT2D eigenvalue weighted by molar-refractivity contribution is -0.0567. The summed E-state index contributed by atoms with van der Waals surface area (Å²) in [4.78, 5) is 5.73. The van der Waals surface area contributed by atoms with E-state index in [4.69, 9.17) is 16.8 Å². The number of nitrogens with zero attached hydrogens (tertiary/aromatic N) is 2. The molecule has 0 fully saturated rings. The molecule has 3 rings (SSSR count). The van der Waals surface area contributed by atoms with E-state index in [-0.39, 0.29) is 35.3 Å². The Kier molecular flexibility index (Phi) is 5.17. The minimum absolute atomic E-state index is 0.0407. The topological polar surface area (TPSA) is 16.8 Å². The molecule has 0 aromatic heterocycles. The lowest BCUT2D eigenvalue weighted by Crippen LogP contribution is -2.36. The molecule has 0 bridgehead atoms. The second-order valence-corrected chi connectivity index (χ2v) is 9.24. The number of fused-ring (bicyclic) bond motifs is 1. The highest BCUT2D eigenvalue weighted by atomic mass is 19.1. The van der Waals surface area contributed by atoms with Gasteiger partial charge in [-0.25, -0.2) is 9.24 Å². The Morgan fingerprint density at radius 2 is 1.87 bits per heavy atom. The Morgan fingerprint density at radius 1 is 1.19 bits per heavy atom. The van der Waals surface area contributed by atoms with Crippen molar-refractivity contribution in [2.45, 2.75) is 72.6 Å². The van der Waals surface area contributed by atoms with Gasteiger partial charge in [0.15, 0.2) is 5.69 Å².